The van der Waals surface area contributed by atoms with Crippen molar-refractivity contribution in [1.82, 2.24) is 19.8 Å². The third-order valence-corrected chi connectivity index (χ3v) is 6.84. The minimum absolute atomic E-state index is 0.154. The van der Waals surface area contributed by atoms with Crippen LogP contribution in [0.2, 0.25) is 0 Å². The second-order valence-electron chi connectivity index (χ2n) is 9.03. The van der Waals surface area contributed by atoms with E-state index in [0.717, 1.165) is 55.7 Å². The van der Waals surface area contributed by atoms with Gasteiger partial charge in [0.05, 0.1) is 5.52 Å². The maximum atomic E-state index is 13.5. The summed E-state index contributed by atoms with van der Waals surface area (Å²) in [6.45, 7) is 5.33. The number of hydrogen-bond donors (Lipinski definition) is 1. The summed E-state index contributed by atoms with van der Waals surface area (Å²) in [6, 6.07) is 10.7. The van der Waals surface area contributed by atoms with Gasteiger partial charge in [-0.3, -0.25) is 9.78 Å². The van der Waals surface area contributed by atoms with Crippen molar-refractivity contribution in [3.8, 4) is 0 Å². The molecule has 0 saturated carbocycles. The highest BCUT2D eigenvalue weighted by Crippen LogP contribution is 2.27. The van der Waals surface area contributed by atoms with E-state index in [-0.39, 0.29) is 5.56 Å². The lowest BCUT2D eigenvalue weighted by atomic mass is 10.0. The predicted molar refractivity (Wildman–Crippen MR) is 125 cm³/mol. The first-order chi connectivity index (χ1) is 15.3. The molecule has 0 atom stereocenters. The quantitative estimate of drug-likeness (QED) is 0.639. The van der Waals surface area contributed by atoms with Gasteiger partial charge in [0.1, 0.15) is 0 Å². The van der Waals surface area contributed by atoms with Crippen molar-refractivity contribution in [2.24, 2.45) is 0 Å². The van der Waals surface area contributed by atoms with Gasteiger partial charge < -0.3 is 14.8 Å². The number of piperidine rings is 1. The lowest BCUT2D eigenvalue weighted by molar-refractivity contribution is 0.221. The molecule has 0 amide bonds. The van der Waals surface area contributed by atoms with E-state index in [0.29, 0.717) is 13.1 Å². The summed E-state index contributed by atoms with van der Waals surface area (Å²) >= 11 is 0. The number of aryl methyl sites for hydroxylation is 2. The Balaban J connectivity index is 1.43. The monoisotopic (exact) mass is 416 g/mol. The summed E-state index contributed by atoms with van der Waals surface area (Å²) in [5.41, 5.74) is 6.14. The van der Waals surface area contributed by atoms with E-state index in [1.165, 1.54) is 42.2 Å². The van der Waals surface area contributed by atoms with Crippen molar-refractivity contribution in [1.29, 1.82) is 0 Å². The normalized spacial score (nSPS) is 16.6. The molecular formula is C26H32N4O. The van der Waals surface area contributed by atoms with Crippen molar-refractivity contribution in [3.05, 3.63) is 75.3 Å². The number of aromatic nitrogens is 2. The van der Waals surface area contributed by atoms with Crippen LogP contribution in [-0.2, 0) is 32.5 Å². The van der Waals surface area contributed by atoms with Gasteiger partial charge in [0.15, 0.2) is 0 Å². The molecule has 31 heavy (non-hydrogen) atoms. The van der Waals surface area contributed by atoms with Crippen LogP contribution >= 0.6 is 0 Å². The number of rotatable bonds is 7. The molecule has 0 radical (unpaired) electrons. The maximum absolute atomic E-state index is 13.5. The van der Waals surface area contributed by atoms with Crippen molar-refractivity contribution in [2.45, 2.75) is 58.2 Å². The van der Waals surface area contributed by atoms with Gasteiger partial charge in [-0.05, 0) is 91.5 Å². The molecule has 2 aromatic heterocycles. The summed E-state index contributed by atoms with van der Waals surface area (Å²) in [5, 5.41) is 4.65. The molecule has 3 heterocycles. The smallest absolute Gasteiger partial charge is 0.255 e. The summed E-state index contributed by atoms with van der Waals surface area (Å²) in [5.74, 6) is 0. The highest BCUT2D eigenvalue weighted by molar-refractivity contribution is 5.82. The largest absolute Gasteiger partial charge is 0.308 e. The van der Waals surface area contributed by atoms with E-state index in [4.69, 9.17) is 0 Å². The third-order valence-electron chi connectivity index (χ3n) is 6.84. The predicted octanol–water partition coefficient (Wildman–Crippen LogP) is 3.66. The van der Waals surface area contributed by atoms with Crippen LogP contribution in [0, 0.1) is 0 Å². The molecule has 5 rings (SSSR count). The van der Waals surface area contributed by atoms with E-state index in [1.807, 2.05) is 16.8 Å². The Morgan fingerprint density at radius 3 is 2.58 bits per heavy atom. The third kappa shape index (κ3) is 4.58. The van der Waals surface area contributed by atoms with Gasteiger partial charge in [-0.1, -0.05) is 12.5 Å². The first-order valence-corrected chi connectivity index (χ1v) is 11.8. The summed E-state index contributed by atoms with van der Waals surface area (Å²) < 4.78 is 2.05. The van der Waals surface area contributed by atoms with Crippen molar-refractivity contribution >= 4 is 10.9 Å². The molecule has 2 aliphatic rings. The van der Waals surface area contributed by atoms with E-state index in [2.05, 4.69) is 39.5 Å². The van der Waals surface area contributed by atoms with Gasteiger partial charge in [-0.15, -0.1) is 0 Å². The Morgan fingerprint density at radius 1 is 0.935 bits per heavy atom. The van der Waals surface area contributed by atoms with Crippen LogP contribution in [0.1, 0.15) is 47.9 Å². The average molecular weight is 417 g/mol. The van der Waals surface area contributed by atoms with Gasteiger partial charge in [0.2, 0.25) is 0 Å². The van der Waals surface area contributed by atoms with Crippen molar-refractivity contribution in [2.75, 3.05) is 19.6 Å². The van der Waals surface area contributed by atoms with E-state index in [1.54, 1.807) is 6.20 Å². The number of fused-ring (bicyclic) bond motifs is 2. The highest BCUT2D eigenvalue weighted by atomic mass is 16.1. The minimum Gasteiger partial charge on any atom is -0.308 e. The Hall–Kier alpha value is -2.50. The van der Waals surface area contributed by atoms with Gasteiger partial charge >= 0.3 is 0 Å². The first kappa shape index (κ1) is 20.4. The summed E-state index contributed by atoms with van der Waals surface area (Å²) in [4.78, 5) is 20.2. The van der Waals surface area contributed by atoms with E-state index in [9.17, 15) is 4.79 Å². The van der Waals surface area contributed by atoms with E-state index < -0.39 is 0 Å². The zero-order valence-electron chi connectivity index (χ0n) is 18.3. The molecular weight excluding hydrogens is 384 g/mol. The van der Waals surface area contributed by atoms with Crippen LogP contribution in [0.25, 0.3) is 10.9 Å². The molecule has 1 aliphatic carbocycles. The second-order valence-corrected chi connectivity index (χ2v) is 9.03. The zero-order chi connectivity index (χ0) is 21.0. The lowest BCUT2D eigenvalue weighted by Gasteiger charge is -2.27. The van der Waals surface area contributed by atoms with Crippen LogP contribution in [0.5, 0.6) is 0 Å². The number of hydrogen-bond acceptors (Lipinski definition) is 4. The fraction of sp³-hybridized carbons (Fsp3) is 0.462. The number of pyridine rings is 2. The Labute approximate surface area is 184 Å². The van der Waals surface area contributed by atoms with Gasteiger partial charge in [0, 0.05) is 44.1 Å². The van der Waals surface area contributed by atoms with Gasteiger partial charge in [-0.2, -0.15) is 0 Å². The molecule has 1 N–H and O–H groups in total. The fourth-order valence-corrected chi connectivity index (χ4v) is 5.13. The van der Waals surface area contributed by atoms with Crippen LogP contribution in [0.15, 0.2) is 47.5 Å². The molecule has 0 bridgehead atoms. The van der Waals surface area contributed by atoms with Crippen LogP contribution < -0.4 is 10.9 Å². The van der Waals surface area contributed by atoms with Crippen LogP contribution in [-0.4, -0.2) is 34.1 Å². The number of likely N-dealkylation sites (tertiary alicyclic amines) is 1. The van der Waals surface area contributed by atoms with Crippen LogP contribution in [0.3, 0.4) is 0 Å². The van der Waals surface area contributed by atoms with Crippen molar-refractivity contribution < 1.29 is 0 Å². The molecule has 0 spiro atoms. The average Bonchev–Trinajstić information content (AvgIpc) is 3.26. The SMILES string of the molecule is O=c1c(CNCc2cccnc2)cc2cc3c(cc2n1CCN1CCCCC1)CCC3. The number of nitrogens with one attached hydrogen (secondary N) is 1. The van der Waals surface area contributed by atoms with Crippen molar-refractivity contribution in [3.63, 3.8) is 0 Å². The Morgan fingerprint density at radius 2 is 1.77 bits per heavy atom. The molecule has 162 valence electrons. The number of nitrogens with zero attached hydrogens (tertiary/aromatic N) is 3. The standard InChI is InChI=1S/C26H32N4O/c31-26-24(19-28-18-20-6-5-9-27-17-20)15-23-14-21-7-4-8-22(21)16-25(23)30(26)13-12-29-10-2-1-3-11-29/h5-6,9,14-17,28H,1-4,7-8,10-13,18-19H2. The second kappa shape index (κ2) is 9.33. The Kier molecular flexibility index (Phi) is 6.14. The fourth-order valence-electron chi connectivity index (χ4n) is 5.13. The van der Waals surface area contributed by atoms with E-state index >= 15 is 0 Å². The molecule has 3 aromatic rings. The molecule has 5 heteroatoms. The minimum atomic E-state index is 0.154. The molecule has 0 unspecified atom stereocenters. The highest BCUT2D eigenvalue weighted by Gasteiger charge is 2.17. The molecule has 1 aromatic carbocycles. The zero-order valence-corrected chi connectivity index (χ0v) is 18.3. The van der Waals surface area contributed by atoms with Crippen LogP contribution in [0.4, 0.5) is 0 Å². The molecule has 1 saturated heterocycles. The topological polar surface area (TPSA) is 50.2 Å². The first-order valence-electron chi connectivity index (χ1n) is 11.8. The summed E-state index contributed by atoms with van der Waals surface area (Å²) in [7, 11) is 0. The summed E-state index contributed by atoms with van der Waals surface area (Å²) in [6.07, 6.45) is 11.1. The lowest BCUT2D eigenvalue weighted by Crippen LogP contribution is -2.36. The number of benzene rings is 1. The molecule has 5 nitrogen and oxygen atoms in total. The molecule has 1 fully saturated rings. The van der Waals surface area contributed by atoms with Gasteiger partial charge in [-0.25, -0.2) is 0 Å². The Bertz CT molecular complexity index is 1100. The molecule has 1 aliphatic heterocycles. The maximum Gasteiger partial charge on any atom is 0.255 e. The van der Waals surface area contributed by atoms with Gasteiger partial charge in [0.25, 0.3) is 5.56 Å².